The number of nitrogens with one attached hydrogen (secondary N) is 1. The highest BCUT2D eigenvalue weighted by atomic mass is 32.2. The van der Waals surface area contributed by atoms with Crippen LogP contribution in [-0.4, -0.2) is 63.5 Å². The minimum atomic E-state index is -3.62. The van der Waals surface area contributed by atoms with Gasteiger partial charge < -0.3 is 19.7 Å². The van der Waals surface area contributed by atoms with E-state index in [0.29, 0.717) is 55.5 Å². The molecule has 2 amide bonds. The first-order valence-electron chi connectivity index (χ1n) is 10.4. The summed E-state index contributed by atoms with van der Waals surface area (Å²) in [5.74, 6) is 0.0279. The summed E-state index contributed by atoms with van der Waals surface area (Å²) in [6, 6.07) is 10.9. The number of hydrogen-bond acceptors (Lipinski definition) is 6. The molecule has 2 aromatic rings. The van der Waals surface area contributed by atoms with Crippen molar-refractivity contribution in [2.24, 2.45) is 0 Å². The number of amides is 2. The van der Waals surface area contributed by atoms with Crippen molar-refractivity contribution >= 4 is 33.2 Å². The van der Waals surface area contributed by atoms with Gasteiger partial charge in [-0.2, -0.15) is 4.31 Å². The van der Waals surface area contributed by atoms with Crippen molar-refractivity contribution in [3.8, 4) is 5.75 Å². The third-order valence-corrected chi connectivity index (χ3v) is 7.38. The predicted octanol–water partition coefficient (Wildman–Crippen LogP) is 2.09. The molecule has 32 heavy (non-hydrogen) atoms. The van der Waals surface area contributed by atoms with Gasteiger partial charge in [-0.1, -0.05) is 0 Å². The van der Waals surface area contributed by atoms with Gasteiger partial charge in [-0.05, 0) is 50.2 Å². The fourth-order valence-electron chi connectivity index (χ4n) is 3.73. The van der Waals surface area contributed by atoms with E-state index in [9.17, 15) is 18.0 Å². The highest BCUT2D eigenvalue weighted by molar-refractivity contribution is 7.89. The molecule has 2 aliphatic heterocycles. The molecule has 9 nitrogen and oxygen atoms in total. The van der Waals surface area contributed by atoms with Crippen LogP contribution in [0, 0.1) is 0 Å². The van der Waals surface area contributed by atoms with Crippen LogP contribution in [-0.2, 0) is 19.6 Å². The fraction of sp³-hybridized carbons (Fsp3) is 0.364. The van der Waals surface area contributed by atoms with Gasteiger partial charge in [-0.3, -0.25) is 9.59 Å². The summed E-state index contributed by atoms with van der Waals surface area (Å²) >= 11 is 0. The standard InChI is InChI=1S/C22H25N3O6S/c1-3-25-19-9-6-17(14-20(19)31-15(2)22(25)27)23-21(26)16-4-7-18(8-5-16)32(28,29)24-10-12-30-13-11-24/h4-9,14-15H,3,10-13H2,1-2H3,(H,23,26). The highest BCUT2D eigenvalue weighted by Gasteiger charge is 2.31. The number of fused-ring (bicyclic) bond motifs is 1. The summed E-state index contributed by atoms with van der Waals surface area (Å²) in [6.45, 7) is 5.45. The molecule has 2 aliphatic rings. The molecular weight excluding hydrogens is 434 g/mol. The molecule has 0 saturated carbocycles. The highest BCUT2D eigenvalue weighted by Crippen LogP contribution is 2.36. The van der Waals surface area contributed by atoms with Crippen LogP contribution in [0.15, 0.2) is 47.4 Å². The number of nitrogens with zero attached hydrogens (tertiary/aromatic N) is 2. The maximum absolute atomic E-state index is 12.7. The average molecular weight is 460 g/mol. The number of morpholine rings is 1. The second kappa shape index (κ2) is 8.89. The van der Waals surface area contributed by atoms with Crippen LogP contribution in [0.2, 0.25) is 0 Å². The second-order valence-electron chi connectivity index (χ2n) is 7.52. The van der Waals surface area contributed by atoms with E-state index < -0.39 is 16.1 Å². The van der Waals surface area contributed by atoms with Crippen LogP contribution < -0.4 is 15.0 Å². The Morgan fingerprint density at radius 3 is 2.47 bits per heavy atom. The third-order valence-electron chi connectivity index (χ3n) is 5.47. The average Bonchev–Trinajstić information content (AvgIpc) is 2.80. The van der Waals surface area contributed by atoms with E-state index in [-0.39, 0.29) is 16.7 Å². The largest absolute Gasteiger partial charge is 0.479 e. The SMILES string of the molecule is CCN1C(=O)C(C)Oc2cc(NC(=O)c3ccc(S(=O)(=O)N4CCOCC4)cc3)ccc21. The van der Waals surface area contributed by atoms with Crippen molar-refractivity contribution in [3.05, 3.63) is 48.0 Å². The van der Waals surface area contributed by atoms with Crippen LogP contribution in [0.5, 0.6) is 5.75 Å². The van der Waals surface area contributed by atoms with Crippen LogP contribution in [0.1, 0.15) is 24.2 Å². The zero-order valence-electron chi connectivity index (χ0n) is 17.9. The Morgan fingerprint density at radius 2 is 1.81 bits per heavy atom. The van der Waals surface area contributed by atoms with Gasteiger partial charge in [0.1, 0.15) is 5.75 Å². The van der Waals surface area contributed by atoms with E-state index in [1.54, 1.807) is 30.0 Å². The van der Waals surface area contributed by atoms with Gasteiger partial charge in [-0.25, -0.2) is 8.42 Å². The third kappa shape index (κ3) is 4.21. The lowest BCUT2D eigenvalue weighted by Crippen LogP contribution is -2.44. The van der Waals surface area contributed by atoms with Gasteiger partial charge in [0, 0.05) is 37.0 Å². The molecule has 1 N–H and O–H groups in total. The number of carbonyl (C=O) groups is 2. The molecule has 170 valence electrons. The van der Waals surface area contributed by atoms with Gasteiger partial charge in [0.25, 0.3) is 11.8 Å². The Balaban J connectivity index is 1.49. The summed E-state index contributed by atoms with van der Waals surface area (Å²) < 4.78 is 37.7. The monoisotopic (exact) mass is 459 g/mol. The number of carbonyl (C=O) groups excluding carboxylic acids is 2. The fourth-order valence-corrected chi connectivity index (χ4v) is 5.14. The number of hydrogen-bond donors (Lipinski definition) is 1. The molecule has 1 atom stereocenters. The van der Waals surface area contributed by atoms with Crippen molar-refractivity contribution in [1.82, 2.24) is 4.31 Å². The predicted molar refractivity (Wildman–Crippen MR) is 119 cm³/mol. The van der Waals surface area contributed by atoms with Crippen LogP contribution in [0.4, 0.5) is 11.4 Å². The minimum absolute atomic E-state index is 0.107. The van der Waals surface area contributed by atoms with E-state index >= 15 is 0 Å². The maximum atomic E-state index is 12.7. The lowest BCUT2D eigenvalue weighted by atomic mass is 10.1. The van der Waals surface area contributed by atoms with Gasteiger partial charge in [0.05, 0.1) is 23.8 Å². The minimum Gasteiger partial charge on any atom is -0.479 e. The molecule has 0 aliphatic carbocycles. The van der Waals surface area contributed by atoms with Gasteiger partial charge >= 0.3 is 0 Å². The van der Waals surface area contributed by atoms with E-state index in [1.165, 1.54) is 28.6 Å². The van der Waals surface area contributed by atoms with Crippen molar-refractivity contribution in [1.29, 1.82) is 0 Å². The molecule has 0 spiro atoms. The van der Waals surface area contributed by atoms with Gasteiger partial charge in [0.15, 0.2) is 6.10 Å². The molecule has 2 heterocycles. The van der Waals surface area contributed by atoms with E-state index in [4.69, 9.17) is 9.47 Å². The Labute approximate surface area is 187 Å². The number of benzene rings is 2. The first-order valence-corrected chi connectivity index (χ1v) is 11.9. The quantitative estimate of drug-likeness (QED) is 0.734. The normalized spacial score (nSPS) is 19.2. The smallest absolute Gasteiger partial charge is 0.267 e. The molecule has 0 aromatic heterocycles. The van der Waals surface area contributed by atoms with E-state index in [1.807, 2.05) is 6.92 Å². The van der Waals surface area contributed by atoms with Crippen LogP contribution in [0.3, 0.4) is 0 Å². The first-order chi connectivity index (χ1) is 15.3. The van der Waals surface area contributed by atoms with Crippen molar-refractivity contribution < 1.29 is 27.5 Å². The molecule has 1 unspecified atom stereocenters. The van der Waals surface area contributed by atoms with E-state index in [2.05, 4.69) is 5.32 Å². The van der Waals surface area contributed by atoms with Crippen molar-refractivity contribution in [2.75, 3.05) is 43.1 Å². The maximum Gasteiger partial charge on any atom is 0.267 e. The van der Waals surface area contributed by atoms with Gasteiger partial charge in [0.2, 0.25) is 10.0 Å². The number of anilines is 2. The Kier molecular flexibility index (Phi) is 6.18. The number of likely N-dealkylation sites (N-methyl/N-ethyl adjacent to an activating group) is 1. The zero-order chi connectivity index (χ0) is 22.9. The van der Waals surface area contributed by atoms with Gasteiger partial charge in [-0.15, -0.1) is 0 Å². The number of rotatable bonds is 5. The molecular formula is C22H25N3O6S. The van der Waals surface area contributed by atoms with Crippen LogP contribution >= 0.6 is 0 Å². The van der Waals surface area contributed by atoms with Crippen molar-refractivity contribution in [3.63, 3.8) is 0 Å². The molecule has 10 heteroatoms. The molecule has 2 aromatic carbocycles. The Bertz CT molecular complexity index is 1130. The summed E-state index contributed by atoms with van der Waals surface area (Å²) in [5.41, 5.74) is 1.49. The molecule has 4 rings (SSSR count). The Hall–Kier alpha value is -2.95. The molecule has 1 saturated heterocycles. The first kappa shape index (κ1) is 22.3. The number of sulfonamides is 1. The zero-order valence-corrected chi connectivity index (χ0v) is 18.7. The summed E-state index contributed by atoms with van der Waals surface area (Å²) in [4.78, 5) is 26.7. The molecule has 1 fully saturated rings. The summed E-state index contributed by atoms with van der Waals surface area (Å²) in [6.07, 6.45) is -0.602. The second-order valence-corrected chi connectivity index (χ2v) is 9.46. The number of ether oxygens (including phenoxy) is 2. The lowest BCUT2D eigenvalue weighted by molar-refractivity contribution is -0.125. The van der Waals surface area contributed by atoms with E-state index in [0.717, 1.165) is 0 Å². The van der Waals surface area contributed by atoms with Crippen LogP contribution in [0.25, 0.3) is 0 Å². The van der Waals surface area contributed by atoms with Crippen molar-refractivity contribution in [2.45, 2.75) is 24.8 Å². The Morgan fingerprint density at radius 1 is 1.12 bits per heavy atom. The molecule has 0 radical (unpaired) electrons. The topological polar surface area (TPSA) is 105 Å². The summed E-state index contributed by atoms with van der Waals surface area (Å²) in [5, 5.41) is 2.79. The summed E-state index contributed by atoms with van der Waals surface area (Å²) in [7, 11) is -3.62. The molecule has 0 bridgehead atoms. The lowest BCUT2D eigenvalue weighted by Gasteiger charge is -2.32.